The second kappa shape index (κ2) is 6.63. The number of para-hydroxylation sites is 1. The number of benzene rings is 4. The van der Waals surface area contributed by atoms with Crippen LogP contribution in [0.2, 0.25) is 0 Å². The third-order valence-corrected chi connectivity index (χ3v) is 5.77. The van der Waals surface area contributed by atoms with E-state index in [1.807, 2.05) is 0 Å². The van der Waals surface area contributed by atoms with Gasteiger partial charge >= 0.3 is 0 Å². The number of fused-ring (bicyclic) bond motifs is 3. The molecule has 4 aromatic carbocycles. The first-order chi connectivity index (χ1) is 14.0. The maximum atomic E-state index is 3.63. The van der Waals surface area contributed by atoms with Gasteiger partial charge in [-0.3, -0.25) is 0 Å². The van der Waals surface area contributed by atoms with Crippen molar-refractivity contribution in [2.75, 3.05) is 0 Å². The van der Waals surface area contributed by atoms with Gasteiger partial charge in [-0.15, -0.1) is 0 Å². The average Bonchev–Trinajstić information content (AvgIpc) is 3.12. The minimum Gasteiger partial charge on any atom is -0.354 e. The maximum Gasteiger partial charge on any atom is 0.0477 e. The smallest absolute Gasteiger partial charge is 0.0477 e. The van der Waals surface area contributed by atoms with Gasteiger partial charge < -0.3 is 4.98 Å². The number of rotatable bonds is 2. The van der Waals surface area contributed by atoms with E-state index in [2.05, 4.69) is 117 Å². The maximum absolute atomic E-state index is 3.63. The van der Waals surface area contributed by atoms with Crippen molar-refractivity contribution < 1.29 is 0 Å². The third-order valence-electron chi connectivity index (χ3n) is 5.77. The molecule has 0 spiro atoms. The minimum absolute atomic E-state index is 0.153. The van der Waals surface area contributed by atoms with E-state index in [-0.39, 0.29) is 5.41 Å². The van der Waals surface area contributed by atoms with Crippen molar-refractivity contribution in [3.05, 3.63) is 96.6 Å². The summed E-state index contributed by atoms with van der Waals surface area (Å²) in [4.78, 5) is 3.63. The number of hydrogen-bond donors (Lipinski definition) is 1. The number of H-pyrrole nitrogens is 1. The molecule has 0 aliphatic carbocycles. The van der Waals surface area contributed by atoms with Gasteiger partial charge in [-0.2, -0.15) is 0 Å². The topological polar surface area (TPSA) is 15.8 Å². The zero-order valence-electron chi connectivity index (χ0n) is 17.2. The van der Waals surface area contributed by atoms with Crippen LogP contribution in [0.4, 0.5) is 0 Å². The summed E-state index contributed by atoms with van der Waals surface area (Å²) in [5.74, 6) is 0. The summed E-state index contributed by atoms with van der Waals surface area (Å²) in [7, 11) is 0. The number of hydrogen-bond acceptors (Lipinski definition) is 0. The normalized spacial score (nSPS) is 12.0. The Kier molecular flexibility index (Phi) is 4.06. The van der Waals surface area contributed by atoms with Crippen LogP contribution in [0.15, 0.2) is 91.0 Å². The molecule has 0 saturated carbocycles. The number of aromatic amines is 1. The van der Waals surface area contributed by atoms with E-state index < -0.39 is 0 Å². The fraction of sp³-hybridized carbons (Fsp3) is 0.143. The first-order valence-electron chi connectivity index (χ1n) is 10.2. The monoisotopic (exact) mass is 375 g/mol. The van der Waals surface area contributed by atoms with Crippen LogP contribution in [-0.2, 0) is 5.41 Å². The van der Waals surface area contributed by atoms with E-state index >= 15 is 0 Å². The van der Waals surface area contributed by atoms with E-state index in [1.165, 1.54) is 49.6 Å². The summed E-state index contributed by atoms with van der Waals surface area (Å²) in [6.07, 6.45) is 0. The zero-order chi connectivity index (χ0) is 20.0. The predicted octanol–water partition coefficient (Wildman–Crippen LogP) is 7.95. The van der Waals surface area contributed by atoms with Gasteiger partial charge in [0, 0.05) is 21.8 Å². The molecule has 29 heavy (non-hydrogen) atoms. The van der Waals surface area contributed by atoms with Crippen molar-refractivity contribution in [1.82, 2.24) is 4.98 Å². The molecule has 0 bridgehead atoms. The Morgan fingerprint density at radius 2 is 1.28 bits per heavy atom. The van der Waals surface area contributed by atoms with Crippen molar-refractivity contribution in [2.45, 2.75) is 26.2 Å². The summed E-state index contributed by atoms with van der Waals surface area (Å²) < 4.78 is 0. The molecular weight excluding hydrogens is 350 g/mol. The van der Waals surface area contributed by atoms with Crippen LogP contribution in [-0.4, -0.2) is 4.98 Å². The van der Waals surface area contributed by atoms with Crippen LogP contribution in [0, 0.1) is 0 Å². The highest BCUT2D eigenvalue weighted by molar-refractivity contribution is 6.15. The van der Waals surface area contributed by atoms with Crippen LogP contribution in [0.1, 0.15) is 26.3 Å². The zero-order valence-corrected chi connectivity index (χ0v) is 17.2. The van der Waals surface area contributed by atoms with Gasteiger partial charge in [0.05, 0.1) is 0 Å². The van der Waals surface area contributed by atoms with E-state index in [9.17, 15) is 0 Å². The van der Waals surface area contributed by atoms with Gasteiger partial charge in [0.2, 0.25) is 0 Å². The largest absolute Gasteiger partial charge is 0.354 e. The average molecular weight is 376 g/mol. The molecule has 142 valence electrons. The lowest BCUT2D eigenvalue weighted by Crippen LogP contribution is -2.10. The Morgan fingerprint density at radius 1 is 0.586 bits per heavy atom. The summed E-state index contributed by atoms with van der Waals surface area (Å²) in [6, 6.07) is 32.9. The lowest BCUT2D eigenvalue weighted by Gasteiger charge is -2.19. The van der Waals surface area contributed by atoms with Gasteiger partial charge in [0.15, 0.2) is 0 Å². The quantitative estimate of drug-likeness (QED) is 0.322. The van der Waals surface area contributed by atoms with Crippen LogP contribution < -0.4 is 0 Å². The molecule has 1 N–H and O–H groups in total. The van der Waals surface area contributed by atoms with Crippen molar-refractivity contribution in [1.29, 1.82) is 0 Å². The Hall–Kier alpha value is -3.32. The van der Waals surface area contributed by atoms with Crippen molar-refractivity contribution in [2.24, 2.45) is 0 Å². The molecule has 0 amide bonds. The van der Waals surface area contributed by atoms with E-state index in [0.29, 0.717) is 0 Å². The van der Waals surface area contributed by atoms with E-state index in [1.54, 1.807) is 0 Å². The van der Waals surface area contributed by atoms with Gasteiger partial charge in [-0.1, -0.05) is 93.6 Å². The Bertz CT molecular complexity index is 1300. The molecular formula is C28H25N. The Labute approximate surface area is 172 Å². The molecule has 1 aromatic heterocycles. The molecule has 0 radical (unpaired) electrons. The van der Waals surface area contributed by atoms with Gasteiger partial charge in [0.25, 0.3) is 0 Å². The fourth-order valence-electron chi connectivity index (χ4n) is 4.16. The minimum atomic E-state index is 0.153. The first-order valence-corrected chi connectivity index (χ1v) is 10.2. The highest BCUT2D eigenvalue weighted by atomic mass is 14.7. The fourth-order valence-corrected chi connectivity index (χ4v) is 4.16. The second-order valence-electron chi connectivity index (χ2n) is 8.81. The van der Waals surface area contributed by atoms with E-state index in [0.717, 1.165) is 0 Å². The molecule has 0 atom stereocenters. The predicted molar refractivity (Wildman–Crippen MR) is 125 cm³/mol. The van der Waals surface area contributed by atoms with E-state index in [4.69, 9.17) is 0 Å². The highest BCUT2D eigenvalue weighted by Gasteiger charge is 2.16. The molecule has 5 rings (SSSR count). The Morgan fingerprint density at radius 3 is 2.00 bits per heavy atom. The molecule has 0 aliphatic rings. The molecule has 0 fully saturated rings. The summed E-state index contributed by atoms with van der Waals surface area (Å²) in [5.41, 5.74) is 8.88. The third kappa shape index (κ3) is 3.13. The van der Waals surface area contributed by atoms with Gasteiger partial charge in [-0.25, -0.2) is 0 Å². The first kappa shape index (κ1) is 17.8. The lowest BCUT2D eigenvalue weighted by molar-refractivity contribution is 0.590. The number of aromatic nitrogens is 1. The Balaban J connectivity index is 1.80. The molecule has 0 aliphatic heterocycles. The molecule has 0 unspecified atom stereocenters. The summed E-state index contributed by atoms with van der Waals surface area (Å²) in [6.45, 7) is 6.78. The molecule has 1 heterocycles. The summed E-state index contributed by atoms with van der Waals surface area (Å²) >= 11 is 0. The van der Waals surface area contributed by atoms with Crippen molar-refractivity contribution >= 4 is 21.8 Å². The second-order valence-corrected chi connectivity index (χ2v) is 8.81. The molecule has 1 nitrogen and oxygen atoms in total. The van der Waals surface area contributed by atoms with Crippen LogP contribution >= 0.6 is 0 Å². The molecule has 0 saturated heterocycles. The van der Waals surface area contributed by atoms with Crippen molar-refractivity contribution in [3.8, 4) is 22.3 Å². The van der Waals surface area contributed by atoms with Gasteiger partial charge in [-0.05, 0) is 51.4 Å². The van der Waals surface area contributed by atoms with Gasteiger partial charge in [0.1, 0.15) is 0 Å². The van der Waals surface area contributed by atoms with Crippen molar-refractivity contribution in [3.63, 3.8) is 0 Å². The SMILES string of the molecule is CC(C)(C)c1ccc(-c2cc(-c3ccccc3)cc3[nH]c4ccccc4c23)cc1. The standard InChI is InChI=1S/C28H25N/c1-28(2,3)22-15-13-20(14-16-22)24-17-21(19-9-5-4-6-10-19)18-26-27(24)23-11-7-8-12-25(23)29-26/h4-18,29H,1-3H3. The number of nitrogens with one attached hydrogen (secondary N) is 1. The lowest BCUT2D eigenvalue weighted by atomic mass is 9.85. The van der Waals surface area contributed by atoms with Crippen LogP contribution in [0.25, 0.3) is 44.1 Å². The summed E-state index contributed by atoms with van der Waals surface area (Å²) in [5, 5.41) is 2.57. The molecule has 5 aromatic rings. The van der Waals surface area contributed by atoms with Crippen LogP contribution in [0.3, 0.4) is 0 Å². The molecule has 1 heteroatoms. The van der Waals surface area contributed by atoms with Crippen LogP contribution in [0.5, 0.6) is 0 Å². The highest BCUT2D eigenvalue weighted by Crippen LogP contribution is 2.38.